The minimum atomic E-state index is -3.39. The second kappa shape index (κ2) is 5.58. The minimum Gasteiger partial charge on any atom is -0.305 e. The van der Waals surface area contributed by atoms with E-state index in [1.54, 1.807) is 6.07 Å². The largest absolute Gasteiger partial charge is 0.305 e. The molecule has 0 saturated carbocycles. The van der Waals surface area contributed by atoms with Gasteiger partial charge in [-0.15, -0.1) is 11.3 Å². The monoisotopic (exact) mass is 352 g/mol. The van der Waals surface area contributed by atoms with Crippen LogP contribution in [0.5, 0.6) is 0 Å². The number of halogens is 1. The third-order valence-corrected chi connectivity index (χ3v) is 6.41. The molecule has 0 aromatic carbocycles. The van der Waals surface area contributed by atoms with Crippen LogP contribution in [-0.4, -0.2) is 39.5 Å². The molecule has 4 nitrogen and oxygen atoms in total. The van der Waals surface area contributed by atoms with Crippen LogP contribution in [0, 0.1) is 6.92 Å². The normalized spacial score (nSPS) is 22.3. The van der Waals surface area contributed by atoms with Crippen molar-refractivity contribution in [3.63, 3.8) is 0 Å². The maximum Gasteiger partial charge on any atom is 0.241 e. The van der Waals surface area contributed by atoms with Gasteiger partial charge in [-0.1, -0.05) is 0 Å². The Morgan fingerprint density at radius 2 is 2.28 bits per heavy atom. The molecule has 1 aromatic heterocycles. The van der Waals surface area contributed by atoms with Crippen LogP contribution in [0.1, 0.15) is 17.7 Å². The van der Waals surface area contributed by atoms with Gasteiger partial charge in [-0.25, -0.2) is 13.1 Å². The number of nitrogens with one attached hydrogen (secondary N) is 1. The van der Waals surface area contributed by atoms with Crippen LogP contribution in [0.4, 0.5) is 0 Å². The number of hydrogen-bond donors (Lipinski definition) is 1. The number of thiophene rings is 1. The number of nitrogens with zero attached hydrogens (tertiary/aromatic N) is 1. The van der Waals surface area contributed by atoms with Gasteiger partial charge in [0.25, 0.3) is 0 Å². The Hall–Kier alpha value is 0.0500. The third kappa shape index (κ3) is 3.33. The molecular weight excluding hydrogens is 336 g/mol. The van der Waals surface area contributed by atoms with E-state index in [9.17, 15) is 8.42 Å². The van der Waals surface area contributed by atoms with E-state index in [1.807, 2.05) is 14.0 Å². The molecule has 18 heavy (non-hydrogen) atoms. The highest BCUT2D eigenvalue weighted by Crippen LogP contribution is 2.29. The molecule has 1 aromatic rings. The standard InChI is InChI=1S/C11H17BrN2O2S2/c1-8-10(6-11(12)17-8)18(15,16)13-9-4-3-5-14(2)7-9/h6,9,13H,3-5,7H2,1-2H3. The highest BCUT2D eigenvalue weighted by molar-refractivity contribution is 9.11. The summed E-state index contributed by atoms with van der Waals surface area (Å²) in [7, 11) is -1.37. The van der Waals surface area contributed by atoms with E-state index in [4.69, 9.17) is 0 Å². The van der Waals surface area contributed by atoms with Gasteiger partial charge in [0.15, 0.2) is 0 Å². The Morgan fingerprint density at radius 3 is 2.83 bits per heavy atom. The van der Waals surface area contributed by atoms with E-state index < -0.39 is 10.0 Å². The zero-order valence-electron chi connectivity index (χ0n) is 10.4. The average molecular weight is 353 g/mol. The highest BCUT2D eigenvalue weighted by Gasteiger charge is 2.25. The summed E-state index contributed by atoms with van der Waals surface area (Å²) in [6.07, 6.45) is 1.95. The fourth-order valence-corrected chi connectivity index (χ4v) is 5.92. The number of rotatable bonds is 3. The van der Waals surface area contributed by atoms with Crippen LogP contribution in [0.25, 0.3) is 0 Å². The molecule has 102 valence electrons. The first kappa shape index (κ1) is 14.5. The Kier molecular flexibility index (Phi) is 4.48. The van der Waals surface area contributed by atoms with Gasteiger partial charge in [0.2, 0.25) is 10.0 Å². The summed E-state index contributed by atoms with van der Waals surface area (Å²) in [4.78, 5) is 3.37. The summed E-state index contributed by atoms with van der Waals surface area (Å²) < 4.78 is 28.3. The van der Waals surface area contributed by atoms with Crippen LogP contribution >= 0.6 is 27.3 Å². The highest BCUT2D eigenvalue weighted by atomic mass is 79.9. The Labute approximate surface area is 121 Å². The molecule has 0 radical (unpaired) electrons. The van der Waals surface area contributed by atoms with Crippen molar-refractivity contribution in [3.05, 3.63) is 14.7 Å². The first-order chi connectivity index (χ1) is 8.38. The lowest BCUT2D eigenvalue weighted by atomic mass is 10.1. The van der Waals surface area contributed by atoms with E-state index in [2.05, 4.69) is 25.6 Å². The minimum absolute atomic E-state index is 0.0202. The quantitative estimate of drug-likeness (QED) is 0.906. The van der Waals surface area contributed by atoms with Gasteiger partial charge < -0.3 is 4.90 Å². The molecule has 7 heteroatoms. The van der Waals surface area contributed by atoms with E-state index in [0.717, 1.165) is 34.6 Å². The smallest absolute Gasteiger partial charge is 0.241 e. The summed E-state index contributed by atoms with van der Waals surface area (Å²) in [6.45, 7) is 3.65. The molecule has 1 fully saturated rings. The van der Waals surface area contributed by atoms with Crippen LogP contribution in [0.2, 0.25) is 0 Å². The summed E-state index contributed by atoms with van der Waals surface area (Å²) in [5.41, 5.74) is 0. The molecule has 0 bridgehead atoms. The average Bonchev–Trinajstić information content (AvgIpc) is 2.58. The molecule has 1 unspecified atom stereocenters. The Morgan fingerprint density at radius 1 is 1.56 bits per heavy atom. The number of likely N-dealkylation sites (tertiary alicyclic amines) is 1. The summed E-state index contributed by atoms with van der Waals surface area (Å²) in [5.74, 6) is 0. The molecule has 1 saturated heterocycles. The van der Waals surface area contributed by atoms with Crippen molar-refractivity contribution >= 4 is 37.3 Å². The zero-order chi connectivity index (χ0) is 13.3. The Balaban J connectivity index is 2.14. The van der Waals surface area contributed by atoms with Crippen LogP contribution in [0.15, 0.2) is 14.7 Å². The fourth-order valence-electron chi connectivity index (χ4n) is 2.24. The second-order valence-corrected chi connectivity index (χ2v) is 9.01. The van der Waals surface area contributed by atoms with Gasteiger partial charge in [-0.2, -0.15) is 0 Å². The van der Waals surface area contributed by atoms with Gasteiger partial charge in [0.05, 0.1) is 8.68 Å². The molecule has 0 amide bonds. The van der Waals surface area contributed by atoms with Crippen LogP contribution in [0.3, 0.4) is 0 Å². The van der Waals surface area contributed by atoms with E-state index >= 15 is 0 Å². The lowest BCUT2D eigenvalue weighted by molar-refractivity contribution is 0.242. The molecule has 2 heterocycles. The van der Waals surface area contributed by atoms with Gasteiger partial charge in [-0.3, -0.25) is 0 Å². The lowest BCUT2D eigenvalue weighted by Gasteiger charge is -2.29. The molecule has 2 rings (SSSR count). The number of aryl methyl sites for hydroxylation is 1. The maximum absolute atomic E-state index is 12.3. The molecular formula is C11H17BrN2O2S2. The second-order valence-electron chi connectivity index (χ2n) is 4.69. The van der Waals surface area contributed by atoms with E-state index in [1.165, 1.54) is 11.3 Å². The molecule has 1 aliphatic rings. The molecule has 1 aliphatic heterocycles. The van der Waals surface area contributed by atoms with Gasteiger partial charge in [-0.05, 0) is 55.4 Å². The number of piperidine rings is 1. The lowest BCUT2D eigenvalue weighted by Crippen LogP contribution is -2.46. The first-order valence-corrected chi connectivity index (χ1v) is 8.94. The Bertz CT molecular complexity index is 527. The third-order valence-electron chi connectivity index (χ3n) is 3.08. The molecule has 1 atom stereocenters. The van der Waals surface area contributed by atoms with E-state index in [0.29, 0.717) is 4.90 Å². The predicted molar refractivity (Wildman–Crippen MR) is 77.6 cm³/mol. The van der Waals surface area contributed by atoms with Crippen molar-refractivity contribution in [1.82, 2.24) is 9.62 Å². The number of sulfonamides is 1. The first-order valence-electron chi connectivity index (χ1n) is 5.85. The summed E-state index contributed by atoms with van der Waals surface area (Å²) in [6, 6.07) is 1.70. The van der Waals surface area contributed by atoms with Crippen molar-refractivity contribution < 1.29 is 8.42 Å². The van der Waals surface area contributed by atoms with Gasteiger partial charge in [0, 0.05) is 17.5 Å². The number of likely N-dealkylation sites (N-methyl/N-ethyl adjacent to an activating group) is 1. The van der Waals surface area contributed by atoms with Crippen molar-refractivity contribution in [2.45, 2.75) is 30.7 Å². The topological polar surface area (TPSA) is 49.4 Å². The summed E-state index contributed by atoms with van der Waals surface area (Å²) in [5, 5.41) is 0. The SMILES string of the molecule is Cc1sc(Br)cc1S(=O)(=O)NC1CCCN(C)C1. The molecule has 0 spiro atoms. The van der Waals surface area contributed by atoms with Crippen molar-refractivity contribution in [2.24, 2.45) is 0 Å². The summed E-state index contributed by atoms with van der Waals surface area (Å²) >= 11 is 4.77. The van der Waals surface area contributed by atoms with Crippen LogP contribution in [-0.2, 0) is 10.0 Å². The molecule has 1 N–H and O–H groups in total. The van der Waals surface area contributed by atoms with Crippen LogP contribution < -0.4 is 4.72 Å². The fraction of sp³-hybridized carbons (Fsp3) is 0.636. The van der Waals surface area contributed by atoms with Gasteiger partial charge in [0.1, 0.15) is 0 Å². The van der Waals surface area contributed by atoms with Crippen molar-refractivity contribution in [3.8, 4) is 0 Å². The maximum atomic E-state index is 12.3. The number of hydrogen-bond acceptors (Lipinski definition) is 4. The zero-order valence-corrected chi connectivity index (χ0v) is 13.7. The van der Waals surface area contributed by atoms with Crippen molar-refractivity contribution in [1.29, 1.82) is 0 Å². The predicted octanol–water partition coefficient (Wildman–Crippen LogP) is 2.19. The molecule has 0 aliphatic carbocycles. The van der Waals surface area contributed by atoms with Crippen molar-refractivity contribution in [2.75, 3.05) is 20.1 Å². The van der Waals surface area contributed by atoms with Gasteiger partial charge >= 0.3 is 0 Å². The van der Waals surface area contributed by atoms with E-state index in [-0.39, 0.29) is 6.04 Å².